The third kappa shape index (κ3) is 2.72. The zero-order chi connectivity index (χ0) is 13.0. The monoisotopic (exact) mass is 246 g/mol. The van der Waals surface area contributed by atoms with E-state index in [-0.39, 0.29) is 5.91 Å². The van der Waals surface area contributed by atoms with Gasteiger partial charge in [-0.2, -0.15) is 0 Å². The van der Waals surface area contributed by atoms with Gasteiger partial charge in [-0.25, -0.2) is 0 Å². The van der Waals surface area contributed by atoms with Gasteiger partial charge in [0.25, 0.3) is 0 Å². The van der Waals surface area contributed by atoms with Crippen molar-refractivity contribution >= 4 is 11.6 Å². The lowest BCUT2D eigenvalue weighted by Crippen LogP contribution is -2.42. The number of amides is 1. The molecule has 1 amide bonds. The van der Waals surface area contributed by atoms with Gasteiger partial charge in [0.2, 0.25) is 5.91 Å². The molecule has 2 rings (SSSR count). The Morgan fingerprint density at radius 1 is 1.28 bits per heavy atom. The minimum atomic E-state index is 0.228. The van der Waals surface area contributed by atoms with E-state index >= 15 is 0 Å². The summed E-state index contributed by atoms with van der Waals surface area (Å²) in [5, 5.41) is 0. The molecule has 0 saturated heterocycles. The quantitative estimate of drug-likeness (QED) is 0.814. The SMILES string of the molecule is CCN(CC)CC(=O)N1CCCc2ccccc21. The number of carbonyl (C=O) groups excluding carboxylic acids is 1. The molecular formula is C15H22N2O. The summed E-state index contributed by atoms with van der Waals surface area (Å²) >= 11 is 0. The van der Waals surface area contributed by atoms with E-state index in [1.807, 2.05) is 11.0 Å². The Bertz CT molecular complexity index is 413. The molecule has 0 bridgehead atoms. The minimum Gasteiger partial charge on any atom is -0.311 e. The van der Waals surface area contributed by atoms with E-state index < -0.39 is 0 Å². The maximum absolute atomic E-state index is 12.4. The fourth-order valence-electron chi connectivity index (χ4n) is 2.52. The van der Waals surface area contributed by atoms with E-state index in [0.29, 0.717) is 6.54 Å². The number of benzene rings is 1. The molecule has 1 aromatic carbocycles. The lowest BCUT2D eigenvalue weighted by molar-refractivity contribution is -0.119. The Morgan fingerprint density at radius 2 is 2.00 bits per heavy atom. The van der Waals surface area contributed by atoms with Crippen molar-refractivity contribution in [2.75, 3.05) is 31.1 Å². The first kappa shape index (κ1) is 13.1. The molecule has 0 N–H and O–H groups in total. The number of nitrogens with zero attached hydrogens (tertiary/aromatic N) is 2. The van der Waals surface area contributed by atoms with E-state index in [4.69, 9.17) is 0 Å². The Kier molecular flexibility index (Phi) is 4.37. The number of fused-ring (bicyclic) bond motifs is 1. The highest BCUT2D eigenvalue weighted by Crippen LogP contribution is 2.26. The second-order valence-electron chi connectivity index (χ2n) is 4.74. The van der Waals surface area contributed by atoms with Crippen molar-refractivity contribution in [3.63, 3.8) is 0 Å². The van der Waals surface area contributed by atoms with E-state index in [9.17, 15) is 4.79 Å². The average molecular weight is 246 g/mol. The van der Waals surface area contributed by atoms with Crippen molar-refractivity contribution in [2.45, 2.75) is 26.7 Å². The number of rotatable bonds is 4. The van der Waals surface area contributed by atoms with E-state index in [0.717, 1.165) is 38.2 Å². The first-order valence-electron chi connectivity index (χ1n) is 6.86. The van der Waals surface area contributed by atoms with E-state index in [1.165, 1.54) is 5.56 Å². The molecule has 0 saturated carbocycles. The standard InChI is InChI=1S/C15H22N2O/c1-3-16(4-2)12-15(18)17-11-7-9-13-8-5-6-10-14(13)17/h5-6,8,10H,3-4,7,9,11-12H2,1-2H3. The number of aryl methyl sites for hydroxylation is 1. The van der Waals surface area contributed by atoms with Crippen LogP contribution < -0.4 is 4.90 Å². The van der Waals surface area contributed by atoms with Gasteiger partial charge in [0.1, 0.15) is 0 Å². The molecule has 0 unspecified atom stereocenters. The summed E-state index contributed by atoms with van der Waals surface area (Å²) in [7, 11) is 0. The van der Waals surface area contributed by atoms with Crippen molar-refractivity contribution in [1.82, 2.24) is 4.90 Å². The first-order chi connectivity index (χ1) is 8.76. The molecule has 1 aliphatic heterocycles. The molecule has 3 nitrogen and oxygen atoms in total. The van der Waals surface area contributed by atoms with Crippen LogP contribution in [-0.4, -0.2) is 37.0 Å². The Morgan fingerprint density at radius 3 is 2.72 bits per heavy atom. The molecule has 18 heavy (non-hydrogen) atoms. The number of carbonyl (C=O) groups is 1. The number of hydrogen-bond acceptors (Lipinski definition) is 2. The van der Waals surface area contributed by atoms with Gasteiger partial charge in [-0.1, -0.05) is 32.0 Å². The summed E-state index contributed by atoms with van der Waals surface area (Å²) in [5.41, 5.74) is 2.41. The maximum Gasteiger partial charge on any atom is 0.241 e. The van der Waals surface area contributed by atoms with Gasteiger partial charge >= 0.3 is 0 Å². The van der Waals surface area contributed by atoms with Gasteiger partial charge in [-0.15, -0.1) is 0 Å². The predicted octanol–water partition coefficient (Wildman–Crippen LogP) is 2.31. The minimum absolute atomic E-state index is 0.228. The largest absolute Gasteiger partial charge is 0.311 e. The van der Waals surface area contributed by atoms with Crippen LogP contribution >= 0.6 is 0 Å². The van der Waals surface area contributed by atoms with Crippen LogP contribution in [0.25, 0.3) is 0 Å². The normalized spacial score (nSPS) is 14.7. The summed E-state index contributed by atoms with van der Waals surface area (Å²) in [4.78, 5) is 16.5. The number of hydrogen-bond donors (Lipinski definition) is 0. The summed E-state index contributed by atoms with van der Waals surface area (Å²) in [6.07, 6.45) is 2.16. The molecule has 1 aromatic rings. The smallest absolute Gasteiger partial charge is 0.241 e. The molecule has 98 valence electrons. The highest BCUT2D eigenvalue weighted by atomic mass is 16.2. The predicted molar refractivity (Wildman–Crippen MR) is 74.9 cm³/mol. The lowest BCUT2D eigenvalue weighted by atomic mass is 10.0. The summed E-state index contributed by atoms with van der Waals surface area (Å²) in [5.74, 6) is 0.228. The third-order valence-electron chi connectivity index (χ3n) is 3.66. The molecule has 0 aliphatic carbocycles. The average Bonchev–Trinajstić information content (AvgIpc) is 2.43. The fraction of sp³-hybridized carbons (Fsp3) is 0.533. The van der Waals surface area contributed by atoms with Gasteiger partial charge in [0, 0.05) is 12.2 Å². The molecule has 1 heterocycles. The summed E-state index contributed by atoms with van der Waals surface area (Å²) < 4.78 is 0. The van der Waals surface area contributed by atoms with Crippen molar-refractivity contribution in [1.29, 1.82) is 0 Å². The van der Waals surface area contributed by atoms with Crippen LogP contribution in [0.4, 0.5) is 5.69 Å². The van der Waals surface area contributed by atoms with Crippen LogP contribution in [0, 0.1) is 0 Å². The van der Waals surface area contributed by atoms with Crippen molar-refractivity contribution in [3.05, 3.63) is 29.8 Å². The zero-order valence-corrected chi connectivity index (χ0v) is 11.4. The number of para-hydroxylation sites is 1. The van der Waals surface area contributed by atoms with Gasteiger partial charge in [-0.05, 0) is 37.6 Å². The van der Waals surface area contributed by atoms with Crippen LogP contribution in [-0.2, 0) is 11.2 Å². The van der Waals surface area contributed by atoms with E-state index in [2.05, 4.69) is 36.9 Å². The molecular weight excluding hydrogens is 224 g/mol. The van der Waals surface area contributed by atoms with Crippen molar-refractivity contribution < 1.29 is 4.79 Å². The molecule has 1 aliphatic rings. The third-order valence-corrected chi connectivity index (χ3v) is 3.66. The number of anilines is 1. The number of likely N-dealkylation sites (N-methyl/N-ethyl adjacent to an activating group) is 1. The van der Waals surface area contributed by atoms with Crippen LogP contribution in [0.2, 0.25) is 0 Å². The molecule has 0 spiro atoms. The molecule has 0 atom stereocenters. The van der Waals surface area contributed by atoms with Crippen molar-refractivity contribution in [3.8, 4) is 0 Å². The second-order valence-corrected chi connectivity index (χ2v) is 4.74. The highest BCUT2D eigenvalue weighted by molar-refractivity contribution is 5.95. The van der Waals surface area contributed by atoms with E-state index in [1.54, 1.807) is 0 Å². The fourth-order valence-corrected chi connectivity index (χ4v) is 2.52. The van der Waals surface area contributed by atoms with Crippen LogP contribution in [0.3, 0.4) is 0 Å². The maximum atomic E-state index is 12.4. The molecule has 0 radical (unpaired) electrons. The Balaban J connectivity index is 2.12. The zero-order valence-electron chi connectivity index (χ0n) is 11.4. The topological polar surface area (TPSA) is 23.6 Å². The van der Waals surface area contributed by atoms with Crippen LogP contribution in [0.1, 0.15) is 25.8 Å². The second kappa shape index (κ2) is 6.01. The first-order valence-corrected chi connectivity index (χ1v) is 6.86. The Labute approximate surface area is 109 Å². The summed E-state index contributed by atoms with van der Waals surface area (Å²) in [6.45, 7) is 7.44. The Hall–Kier alpha value is -1.35. The van der Waals surface area contributed by atoms with Crippen LogP contribution in [0.5, 0.6) is 0 Å². The molecule has 3 heteroatoms. The van der Waals surface area contributed by atoms with Gasteiger partial charge < -0.3 is 4.90 Å². The summed E-state index contributed by atoms with van der Waals surface area (Å²) in [6, 6.07) is 8.26. The van der Waals surface area contributed by atoms with Gasteiger partial charge in [0.15, 0.2) is 0 Å². The lowest BCUT2D eigenvalue weighted by Gasteiger charge is -2.31. The van der Waals surface area contributed by atoms with Gasteiger partial charge in [0.05, 0.1) is 6.54 Å². The highest BCUT2D eigenvalue weighted by Gasteiger charge is 2.22. The van der Waals surface area contributed by atoms with Gasteiger partial charge in [-0.3, -0.25) is 9.69 Å². The molecule has 0 aromatic heterocycles. The van der Waals surface area contributed by atoms with Crippen molar-refractivity contribution in [2.24, 2.45) is 0 Å². The molecule has 0 fully saturated rings. The van der Waals surface area contributed by atoms with Crippen LogP contribution in [0.15, 0.2) is 24.3 Å².